The van der Waals surface area contributed by atoms with E-state index in [1.807, 2.05) is 0 Å². The van der Waals surface area contributed by atoms with E-state index in [4.69, 9.17) is 0 Å². The van der Waals surface area contributed by atoms with Gasteiger partial charge in [-0.25, -0.2) is 0 Å². The molecule has 1 heterocycles. The highest BCUT2D eigenvalue weighted by molar-refractivity contribution is 4.89. The Hall–Kier alpha value is -0.160. The van der Waals surface area contributed by atoms with Crippen molar-refractivity contribution in [3.8, 4) is 0 Å². The van der Waals surface area contributed by atoms with Crippen LogP contribution in [-0.2, 0) is 0 Å². The normalized spacial score (nSPS) is 25.7. The van der Waals surface area contributed by atoms with Gasteiger partial charge in [0, 0.05) is 45.3 Å². The summed E-state index contributed by atoms with van der Waals surface area (Å²) in [7, 11) is 0. The molecule has 2 N–H and O–H groups in total. The van der Waals surface area contributed by atoms with Gasteiger partial charge in [0.15, 0.2) is 0 Å². The topological polar surface area (TPSA) is 38.7 Å². The quantitative estimate of drug-likeness (QED) is 0.716. The van der Waals surface area contributed by atoms with Crippen LogP contribution >= 0.6 is 0 Å². The standard InChI is InChI=1S/C15H31N3O/c1-13(2)16-15(3,12-19)11-18-8-6-17(7-9-18)10-14-4-5-14/h13-14,16,19H,4-12H2,1-3H3. The Morgan fingerprint density at radius 1 is 1.16 bits per heavy atom. The fourth-order valence-corrected chi connectivity index (χ4v) is 3.13. The highest BCUT2D eigenvalue weighted by Gasteiger charge is 2.30. The van der Waals surface area contributed by atoms with Gasteiger partial charge in [0.1, 0.15) is 0 Å². The van der Waals surface area contributed by atoms with E-state index < -0.39 is 0 Å². The summed E-state index contributed by atoms with van der Waals surface area (Å²) in [6.45, 7) is 13.5. The number of aliphatic hydroxyl groups excluding tert-OH is 1. The van der Waals surface area contributed by atoms with E-state index in [2.05, 4.69) is 35.9 Å². The van der Waals surface area contributed by atoms with E-state index in [0.717, 1.165) is 25.6 Å². The minimum Gasteiger partial charge on any atom is -0.394 e. The van der Waals surface area contributed by atoms with E-state index in [9.17, 15) is 5.11 Å². The Labute approximate surface area is 118 Å². The van der Waals surface area contributed by atoms with Crippen LogP contribution in [0, 0.1) is 5.92 Å². The summed E-state index contributed by atoms with van der Waals surface area (Å²) in [6, 6.07) is 0.410. The van der Waals surface area contributed by atoms with Crippen LogP contribution in [0.3, 0.4) is 0 Å². The van der Waals surface area contributed by atoms with Crippen LogP contribution in [0.15, 0.2) is 0 Å². The highest BCUT2D eigenvalue weighted by atomic mass is 16.3. The average molecular weight is 269 g/mol. The third kappa shape index (κ3) is 5.03. The second-order valence-corrected chi connectivity index (χ2v) is 7.04. The Morgan fingerprint density at radius 2 is 1.74 bits per heavy atom. The second kappa shape index (κ2) is 6.53. The van der Waals surface area contributed by atoms with Gasteiger partial charge in [0.2, 0.25) is 0 Å². The van der Waals surface area contributed by atoms with Gasteiger partial charge in [-0.2, -0.15) is 0 Å². The summed E-state index contributed by atoms with van der Waals surface area (Å²) in [5.41, 5.74) is -0.174. The molecule has 4 heteroatoms. The number of nitrogens with zero attached hydrogens (tertiary/aromatic N) is 2. The molecule has 0 bridgehead atoms. The van der Waals surface area contributed by atoms with Crippen LogP contribution < -0.4 is 5.32 Å². The maximum absolute atomic E-state index is 9.64. The third-order valence-electron chi connectivity index (χ3n) is 4.24. The second-order valence-electron chi connectivity index (χ2n) is 7.04. The van der Waals surface area contributed by atoms with Gasteiger partial charge in [-0.3, -0.25) is 4.90 Å². The van der Waals surface area contributed by atoms with Gasteiger partial charge < -0.3 is 15.3 Å². The number of rotatable bonds is 7. The van der Waals surface area contributed by atoms with E-state index in [1.54, 1.807) is 0 Å². The lowest BCUT2D eigenvalue weighted by atomic mass is 10.0. The summed E-state index contributed by atoms with van der Waals surface area (Å²) in [4.78, 5) is 5.11. The summed E-state index contributed by atoms with van der Waals surface area (Å²) < 4.78 is 0. The smallest absolute Gasteiger partial charge is 0.0623 e. The van der Waals surface area contributed by atoms with Crippen LogP contribution in [0.1, 0.15) is 33.6 Å². The molecule has 1 atom stereocenters. The predicted octanol–water partition coefficient (Wildman–Crippen LogP) is 0.763. The van der Waals surface area contributed by atoms with Crippen molar-refractivity contribution in [1.82, 2.24) is 15.1 Å². The molecule has 2 aliphatic rings. The molecule has 0 amide bonds. The number of hydrogen-bond donors (Lipinski definition) is 2. The van der Waals surface area contributed by atoms with E-state index in [0.29, 0.717) is 6.04 Å². The van der Waals surface area contributed by atoms with Crippen molar-refractivity contribution in [3.05, 3.63) is 0 Å². The molecular formula is C15H31N3O. The molecule has 1 aliphatic heterocycles. The van der Waals surface area contributed by atoms with Gasteiger partial charge in [0.05, 0.1) is 12.1 Å². The molecule has 0 radical (unpaired) electrons. The van der Waals surface area contributed by atoms with Gasteiger partial charge in [-0.15, -0.1) is 0 Å². The minimum absolute atomic E-state index is 0.174. The molecule has 4 nitrogen and oxygen atoms in total. The monoisotopic (exact) mass is 269 g/mol. The Morgan fingerprint density at radius 3 is 2.21 bits per heavy atom. The predicted molar refractivity (Wildman–Crippen MR) is 79.4 cm³/mol. The van der Waals surface area contributed by atoms with Crippen LogP contribution in [0.4, 0.5) is 0 Å². The fourth-order valence-electron chi connectivity index (χ4n) is 3.13. The molecule has 19 heavy (non-hydrogen) atoms. The van der Waals surface area contributed by atoms with Gasteiger partial charge in [0.25, 0.3) is 0 Å². The van der Waals surface area contributed by atoms with Crippen molar-refractivity contribution in [2.75, 3.05) is 45.9 Å². The van der Waals surface area contributed by atoms with Gasteiger partial charge >= 0.3 is 0 Å². The molecule has 1 unspecified atom stereocenters. The zero-order valence-corrected chi connectivity index (χ0v) is 12.9. The molecule has 0 aromatic rings. The first-order chi connectivity index (χ1) is 9.00. The lowest BCUT2D eigenvalue weighted by Gasteiger charge is -2.40. The summed E-state index contributed by atoms with van der Waals surface area (Å²) >= 11 is 0. The zero-order chi connectivity index (χ0) is 13.9. The number of nitrogens with one attached hydrogen (secondary N) is 1. The molecular weight excluding hydrogens is 238 g/mol. The Bertz CT molecular complexity index is 273. The number of hydrogen-bond acceptors (Lipinski definition) is 4. The van der Waals surface area contributed by atoms with Crippen LogP contribution in [0.2, 0.25) is 0 Å². The van der Waals surface area contributed by atoms with Crippen molar-refractivity contribution >= 4 is 0 Å². The number of piperazine rings is 1. The van der Waals surface area contributed by atoms with Crippen LogP contribution in [-0.4, -0.2) is 72.4 Å². The summed E-state index contributed by atoms with van der Waals surface area (Å²) in [6.07, 6.45) is 2.89. The molecule has 0 aromatic carbocycles. The SMILES string of the molecule is CC(C)NC(C)(CO)CN1CCN(CC2CC2)CC1. The molecule has 112 valence electrons. The molecule has 2 fully saturated rings. The highest BCUT2D eigenvalue weighted by Crippen LogP contribution is 2.29. The fraction of sp³-hybridized carbons (Fsp3) is 1.00. The van der Waals surface area contributed by atoms with Gasteiger partial charge in [-0.05, 0) is 25.7 Å². The Balaban J connectivity index is 1.73. The van der Waals surface area contributed by atoms with E-state index in [-0.39, 0.29) is 12.1 Å². The maximum Gasteiger partial charge on any atom is 0.0623 e. The molecule has 0 aromatic heterocycles. The zero-order valence-electron chi connectivity index (χ0n) is 12.9. The average Bonchev–Trinajstić information content (AvgIpc) is 3.15. The Kier molecular flexibility index (Phi) is 5.23. The summed E-state index contributed by atoms with van der Waals surface area (Å²) in [5.74, 6) is 0.997. The van der Waals surface area contributed by atoms with Crippen molar-refractivity contribution in [2.45, 2.75) is 45.2 Å². The molecule has 1 saturated carbocycles. The van der Waals surface area contributed by atoms with Crippen LogP contribution in [0.5, 0.6) is 0 Å². The first-order valence-electron chi connectivity index (χ1n) is 7.84. The van der Waals surface area contributed by atoms with Crippen molar-refractivity contribution in [2.24, 2.45) is 5.92 Å². The number of aliphatic hydroxyl groups is 1. The summed E-state index contributed by atoms with van der Waals surface area (Å²) in [5, 5.41) is 13.1. The molecule has 1 aliphatic carbocycles. The molecule has 1 saturated heterocycles. The van der Waals surface area contributed by atoms with E-state index >= 15 is 0 Å². The minimum atomic E-state index is -0.174. The van der Waals surface area contributed by atoms with Crippen molar-refractivity contribution < 1.29 is 5.11 Å². The largest absolute Gasteiger partial charge is 0.394 e. The van der Waals surface area contributed by atoms with Crippen molar-refractivity contribution in [1.29, 1.82) is 0 Å². The maximum atomic E-state index is 9.64. The first-order valence-corrected chi connectivity index (χ1v) is 7.84. The van der Waals surface area contributed by atoms with Crippen LogP contribution in [0.25, 0.3) is 0 Å². The third-order valence-corrected chi connectivity index (χ3v) is 4.24. The lowest BCUT2D eigenvalue weighted by Crippen LogP contribution is -2.59. The first kappa shape index (κ1) is 15.2. The van der Waals surface area contributed by atoms with Gasteiger partial charge in [-0.1, -0.05) is 13.8 Å². The lowest BCUT2D eigenvalue weighted by molar-refractivity contribution is 0.0733. The molecule has 2 rings (SSSR count). The van der Waals surface area contributed by atoms with E-state index in [1.165, 1.54) is 32.5 Å². The van der Waals surface area contributed by atoms with Crippen molar-refractivity contribution in [3.63, 3.8) is 0 Å². The molecule has 0 spiro atoms.